The summed E-state index contributed by atoms with van der Waals surface area (Å²) in [5.41, 5.74) is -1.02. The molecule has 0 radical (unpaired) electrons. The first-order valence-electron chi connectivity index (χ1n) is 9.53. The molecule has 26 heavy (non-hydrogen) atoms. The van der Waals surface area contributed by atoms with Crippen LogP contribution in [0.2, 0.25) is 0 Å². The molecule has 2 saturated carbocycles. The van der Waals surface area contributed by atoms with Crippen molar-refractivity contribution in [2.45, 2.75) is 49.9 Å². The molecule has 140 valence electrons. The van der Waals surface area contributed by atoms with Crippen LogP contribution in [0.3, 0.4) is 0 Å². The Balaban J connectivity index is 1.37. The molecule has 0 bridgehead atoms. The molecule has 1 aromatic carbocycles. The van der Waals surface area contributed by atoms with Crippen LogP contribution in [0.1, 0.15) is 42.5 Å². The van der Waals surface area contributed by atoms with Crippen LogP contribution < -0.4 is 5.32 Å². The normalized spacial score (nSPS) is 29.6. The third kappa shape index (κ3) is 3.11. The van der Waals surface area contributed by atoms with Crippen molar-refractivity contribution in [3.63, 3.8) is 0 Å². The van der Waals surface area contributed by atoms with Crippen molar-refractivity contribution in [3.05, 3.63) is 35.9 Å². The van der Waals surface area contributed by atoms with E-state index in [0.717, 1.165) is 19.3 Å². The standard InChI is InChI=1S/C20H25FN2O3/c21-20(9-4-10-20)19(25)23-11-12-26-17-15(7-8-16(17)23)13-22-18(24)14-5-2-1-3-6-14/h1-3,5-6,15-17H,4,7-13H2,(H,22,24)/t15-,16-,17-/m0/s1. The summed E-state index contributed by atoms with van der Waals surface area (Å²) in [5, 5.41) is 2.97. The summed E-state index contributed by atoms with van der Waals surface area (Å²) in [5.74, 6) is -0.300. The highest BCUT2D eigenvalue weighted by atomic mass is 19.1. The van der Waals surface area contributed by atoms with Crippen molar-refractivity contribution in [3.8, 4) is 0 Å². The van der Waals surface area contributed by atoms with Gasteiger partial charge in [0.15, 0.2) is 5.67 Å². The van der Waals surface area contributed by atoms with Gasteiger partial charge in [-0.2, -0.15) is 0 Å². The maximum atomic E-state index is 14.6. The fraction of sp³-hybridized carbons (Fsp3) is 0.600. The Morgan fingerprint density at radius 3 is 2.69 bits per heavy atom. The lowest BCUT2D eigenvalue weighted by molar-refractivity contribution is -0.163. The number of rotatable bonds is 4. The van der Waals surface area contributed by atoms with E-state index in [1.54, 1.807) is 17.0 Å². The Kier molecular flexibility index (Phi) is 4.69. The fourth-order valence-corrected chi connectivity index (χ4v) is 4.41. The maximum absolute atomic E-state index is 14.6. The molecule has 2 amide bonds. The first-order valence-corrected chi connectivity index (χ1v) is 9.53. The number of hydrogen-bond donors (Lipinski definition) is 1. The van der Waals surface area contributed by atoms with Gasteiger partial charge in [0.1, 0.15) is 0 Å². The van der Waals surface area contributed by atoms with Gasteiger partial charge in [-0.25, -0.2) is 4.39 Å². The Morgan fingerprint density at radius 2 is 2.00 bits per heavy atom. The van der Waals surface area contributed by atoms with Gasteiger partial charge in [0.25, 0.3) is 11.8 Å². The van der Waals surface area contributed by atoms with Gasteiger partial charge in [-0.05, 0) is 44.2 Å². The van der Waals surface area contributed by atoms with Gasteiger partial charge in [0.05, 0.1) is 18.8 Å². The van der Waals surface area contributed by atoms with E-state index in [0.29, 0.717) is 38.1 Å². The Hall–Kier alpha value is -1.95. The molecule has 1 aliphatic heterocycles. The Morgan fingerprint density at radius 1 is 1.23 bits per heavy atom. The summed E-state index contributed by atoms with van der Waals surface area (Å²) in [6, 6.07) is 9.04. The molecule has 2 aliphatic carbocycles. The minimum atomic E-state index is -1.65. The number of nitrogens with zero attached hydrogens (tertiary/aromatic N) is 1. The van der Waals surface area contributed by atoms with Crippen LogP contribution in [-0.2, 0) is 9.53 Å². The largest absolute Gasteiger partial charge is 0.374 e. The van der Waals surface area contributed by atoms with Gasteiger partial charge in [0.2, 0.25) is 0 Å². The second-order valence-corrected chi connectivity index (χ2v) is 7.63. The zero-order valence-corrected chi connectivity index (χ0v) is 14.8. The third-order valence-electron chi connectivity index (χ3n) is 6.07. The number of hydrogen-bond acceptors (Lipinski definition) is 3. The highest BCUT2D eigenvalue weighted by Crippen LogP contribution is 2.41. The molecule has 3 fully saturated rings. The summed E-state index contributed by atoms with van der Waals surface area (Å²) in [6.07, 6.45) is 3.03. The molecule has 3 atom stereocenters. The summed E-state index contributed by atoms with van der Waals surface area (Å²) >= 11 is 0. The van der Waals surface area contributed by atoms with Crippen molar-refractivity contribution < 1.29 is 18.7 Å². The number of amides is 2. The molecule has 4 rings (SSSR count). The van der Waals surface area contributed by atoms with Crippen molar-refractivity contribution in [2.24, 2.45) is 5.92 Å². The number of halogens is 1. The molecular weight excluding hydrogens is 335 g/mol. The van der Waals surface area contributed by atoms with Crippen LogP contribution in [0.25, 0.3) is 0 Å². The van der Waals surface area contributed by atoms with Gasteiger partial charge in [-0.1, -0.05) is 18.2 Å². The van der Waals surface area contributed by atoms with E-state index in [9.17, 15) is 14.0 Å². The second kappa shape index (κ2) is 6.99. The summed E-state index contributed by atoms with van der Waals surface area (Å²) in [6.45, 7) is 1.42. The average Bonchev–Trinajstić information content (AvgIpc) is 3.07. The first-order chi connectivity index (χ1) is 12.6. The first kappa shape index (κ1) is 17.5. The third-order valence-corrected chi connectivity index (χ3v) is 6.07. The number of nitrogens with one attached hydrogen (secondary N) is 1. The molecule has 1 heterocycles. The zero-order valence-electron chi connectivity index (χ0n) is 14.8. The van der Waals surface area contributed by atoms with Crippen LogP contribution in [0.4, 0.5) is 4.39 Å². The molecule has 5 nitrogen and oxygen atoms in total. The molecular formula is C20H25FN2O3. The van der Waals surface area contributed by atoms with E-state index >= 15 is 0 Å². The molecule has 0 spiro atoms. The SMILES string of the molecule is O=C(NC[C@@H]1CC[C@H]2[C@H]1OCCN2C(=O)C1(F)CCC1)c1ccccc1. The highest BCUT2D eigenvalue weighted by molar-refractivity contribution is 5.94. The number of carbonyl (C=O) groups is 2. The number of carbonyl (C=O) groups excluding carboxylic acids is 2. The van der Waals surface area contributed by atoms with Crippen LogP contribution in [-0.4, -0.2) is 54.2 Å². The van der Waals surface area contributed by atoms with Gasteiger partial charge < -0.3 is 15.0 Å². The van der Waals surface area contributed by atoms with Gasteiger partial charge in [0, 0.05) is 24.6 Å². The van der Waals surface area contributed by atoms with Gasteiger partial charge >= 0.3 is 0 Å². The average molecular weight is 360 g/mol. The predicted octanol–water partition coefficient (Wildman–Crippen LogP) is 2.31. The maximum Gasteiger partial charge on any atom is 0.260 e. The van der Waals surface area contributed by atoms with E-state index in [2.05, 4.69) is 5.32 Å². The van der Waals surface area contributed by atoms with E-state index < -0.39 is 5.67 Å². The Bertz CT molecular complexity index is 677. The summed E-state index contributed by atoms with van der Waals surface area (Å²) in [4.78, 5) is 26.6. The quantitative estimate of drug-likeness (QED) is 0.896. The molecule has 1 N–H and O–H groups in total. The number of morpholine rings is 1. The van der Waals surface area contributed by atoms with Crippen LogP contribution in [0.15, 0.2) is 30.3 Å². The van der Waals surface area contributed by atoms with Gasteiger partial charge in [-0.15, -0.1) is 0 Å². The summed E-state index contributed by atoms with van der Waals surface area (Å²) < 4.78 is 20.5. The number of benzene rings is 1. The summed E-state index contributed by atoms with van der Waals surface area (Å²) in [7, 11) is 0. The van der Waals surface area contributed by atoms with Crippen LogP contribution in [0, 0.1) is 5.92 Å². The second-order valence-electron chi connectivity index (χ2n) is 7.63. The number of alkyl halides is 1. The lowest BCUT2D eigenvalue weighted by atomic mass is 9.80. The lowest BCUT2D eigenvalue weighted by Crippen LogP contribution is -2.59. The minimum absolute atomic E-state index is 0.0666. The van der Waals surface area contributed by atoms with Crippen molar-refractivity contribution in [1.29, 1.82) is 0 Å². The van der Waals surface area contributed by atoms with E-state index in [1.807, 2.05) is 18.2 Å². The monoisotopic (exact) mass is 360 g/mol. The molecule has 1 aromatic rings. The number of fused-ring (bicyclic) bond motifs is 1. The lowest BCUT2D eigenvalue weighted by Gasteiger charge is -2.44. The molecule has 0 aromatic heterocycles. The zero-order chi connectivity index (χ0) is 18.1. The topological polar surface area (TPSA) is 58.6 Å². The van der Waals surface area contributed by atoms with Crippen molar-refractivity contribution >= 4 is 11.8 Å². The van der Waals surface area contributed by atoms with Crippen LogP contribution in [0.5, 0.6) is 0 Å². The molecule has 3 aliphatic rings. The molecule has 0 unspecified atom stereocenters. The van der Waals surface area contributed by atoms with E-state index in [-0.39, 0.29) is 29.9 Å². The van der Waals surface area contributed by atoms with E-state index in [4.69, 9.17) is 4.74 Å². The van der Waals surface area contributed by atoms with Gasteiger partial charge in [-0.3, -0.25) is 9.59 Å². The van der Waals surface area contributed by atoms with Crippen molar-refractivity contribution in [1.82, 2.24) is 10.2 Å². The van der Waals surface area contributed by atoms with Crippen molar-refractivity contribution in [2.75, 3.05) is 19.7 Å². The predicted molar refractivity (Wildman–Crippen MR) is 94.4 cm³/mol. The number of ether oxygens (including phenoxy) is 1. The highest BCUT2D eigenvalue weighted by Gasteiger charge is 2.52. The van der Waals surface area contributed by atoms with Crippen LogP contribution >= 0.6 is 0 Å². The molecule has 1 saturated heterocycles. The Labute approximate surface area is 152 Å². The fourth-order valence-electron chi connectivity index (χ4n) is 4.41. The minimum Gasteiger partial charge on any atom is -0.374 e. The molecule has 6 heteroatoms. The van der Waals surface area contributed by atoms with E-state index in [1.165, 1.54) is 0 Å². The smallest absolute Gasteiger partial charge is 0.260 e.